The lowest BCUT2D eigenvalue weighted by molar-refractivity contribution is 0.0625. The van der Waals surface area contributed by atoms with E-state index in [0.717, 1.165) is 50.0 Å². The smallest absolute Gasteiger partial charge is 0.193 e. The lowest BCUT2D eigenvalue weighted by Gasteiger charge is -2.27. The van der Waals surface area contributed by atoms with Crippen molar-refractivity contribution in [1.82, 2.24) is 10.2 Å². The fraction of sp³-hybridized carbons (Fsp3) is 0.667. The number of aryl methyl sites for hydroxylation is 1. The van der Waals surface area contributed by atoms with Crippen LogP contribution < -0.4 is 5.32 Å². The fourth-order valence-electron chi connectivity index (χ4n) is 4.16. The summed E-state index contributed by atoms with van der Waals surface area (Å²) in [6, 6.07) is 3.93. The standard InChI is InChI=1S/C21H33N3O2.HI/c1-22-21(24(2)12-9-16-10-13-26-14-11-16)23-15-19-18-6-4-3-5-17(18)7-8-20(19)25;/h7-8,16,25H,3-6,9-15H2,1-2H3,(H,22,23);1H. The molecule has 0 spiro atoms. The second kappa shape index (κ2) is 11.1. The van der Waals surface area contributed by atoms with E-state index in [2.05, 4.69) is 28.3 Å². The molecule has 2 N–H and O–H groups in total. The first-order chi connectivity index (χ1) is 12.7. The van der Waals surface area contributed by atoms with Crippen LogP contribution in [0.4, 0.5) is 0 Å². The van der Waals surface area contributed by atoms with E-state index < -0.39 is 0 Å². The number of ether oxygens (including phenoxy) is 1. The van der Waals surface area contributed by atoms with Crippen molar-refractivity contribution in [3.63, 3.8) is 0 Å². The van der Waals surface area contributed by atoms with Gasteiger partial charge in [-0.05, 0) is 68.1 Å². The molecular formula is C21H34IN3O2. The molecule has 0 bridgehead atoms. The molecule has 0 unspecified atom stereocenters. The average molecular weight is 487 g/mol. The van der Waals surface area contributed by atoms with Crippen molar-refractivity contribution in [2.75, 3.05) is 33.9 Å². The van der Waals surface area contributed by atoms with Crippen molar-refractivity contribution in [3.05, 3.63) is 28.8 Å². The third-order valence-electron chi connectivity index (χ3n) is 5.84. The SMILES string of the molecule is CN=C(NCc1c(O)ccc2c1CCCC2)N(C)CCC1CCOCC1.I. The van der Waals surface area contributed by atoms with Gasteiger partial charge >= 0.3 is 0 Å². The van der Waals surface area contributed by atoms with Crippen LogP contribution in [0.25, 0.3) is 0 Å². The summed E-state index contributed by atoms with van der Waals surface area (Å²) >= 11 is 0. The van der Waals surface area contributed by atoms with Gasteiger partial charge in [-0.3, -0.25) is 4.99 Å². The molecule has 27 heavy (non-hydrogen) atoms. The van der Waals surface area contributed by atoms with Gasteiger partial charge in [0.2, 0.25) is 0 Å². The molecule has 1 aromatic carbocycles. The summed E-state index contributed by atoms with van der Waals surface area (Å²) in [5.41, 5.74) is 3.78. The van der Waals surface area contributed by atoms with Gasteiger partial charge in [-0.15, -0.1) is 24.0 Å². The Kier molecular flexibility index (Phi) is 9.15. The molecule has 5 nitrogen and oxygen atoms in total. The number of fused-ring (bicyclic) bond motifs is 1. The van der Waals surface area contributed by atoms with Crippen molar-refractivity contribution >= 4 is 29.9 Å². The van der Waals surface area contributed by atoms with E-state index in [1.807, 2.05) is 13.1 Å². The normalized spacial score (nSPS) is 17.8. The number of nitrogens with one attached hydrogen (secondary N) is 1. The van der Waals surface area contributed by atoms with Crippen molar-refractivity contribution in [3.8, 4) is 5.75 Å². The zero-order chi connectivity index (χ0) is 18.4. The lowest BCUT2D eigenvalue weighted by Crippen LogP contribution is -2.40. The number of phenolic OH excluding ortho intramolecular Hbond substituents is 1. The number of hydrogen-bond donors (Lipinski definition) is 2. The highest BCUT2D eigenvalue weighted by Crippen LogP contribution is 2.30. The van der Waals surface area contributed by atoms with Crippen LogP contribution in [0.3, 0.4) is 0 Å². The lowest BCUT2D eigenvalue weighted by atomic mass is 9.88. The zero-order valence-electron chi connectivity index (χ0n) is 16.7. The van der Waals surface area contributed by atoms with Gasteiger partial charge in [0.25, 0.3) is 0 Å². The molecule has 152 valence electrons. The van der Waals surface area contributed by atoms with Crippen LogP contribution in [0.5, 0.6) is 5.75 Å². The highest BCUT2D eigenvalue weighted by atomic mass is 127. The van der Waals surface area contributed by atoms with Gasteiger partial charge < -0.3 is 20.1 Å². The predicted octanol–water partition coefficient (Wildman–Crippen LogP) is 3.71. The fourth-order valence-corrected chi connectivity index (χ4v) is 4.16. The van der Waals surface area contributed by atoms with Gasteiger partial charge in [0.1, 0.15) is 5.75 Å². The first-order valence-electron chi connectivity index (χ1n) is 10.0. The summed E-state index contributed by atoms with van der Waals surface area (Å²) in [5, 5.41) is 13.8. The van der Waals surface area contributed by atoms with E-state index in [1.165, 1.54) is 43.2 Å². The number of rotatable bonds is 5. The Morgan fingerprint density at radius 1 is 1.26 bits per heavy atom. The Labute approximate surface area is 180 Å². The first kappa shape index (κ1) is 22.3. The Bertz CT molecular complexity index is 630. The highest BCUT2D eigenvalue weighted by molar-refractivity contribution is 14.0. The molecule has 0 atom stereocenters. The molecule has 2 aliphatic rings. The van der Waals surface area contributed by atoms with Crippen molar-refractivity contribution < 1.29 is 9.84 Å². The number of benzene rings is 1. The Morgan fingerprint density at radius 2 is 2.00 bits per heavy atom. The molecule has 1 aliphatic heterocycles. The third-order valence-corrected chi connectivity index (χ3v) is 5.84. The largest absolute Gasteiger partial charge is 0.508 e. The first-order valence-corrected chi connectivity index (χ1v) is 10.0. The van der Waals surface area contributed by atoms with E-state index in [-0.39, 0.29) is 24.0 Å². The van der Waals surface area contributed by atoms with E-state index in [0.29, 0.717) is 12.3 Å². The molecule has 6 heteroatoms. The van der Waals surface area contributed by atoms with Crippen molar-refractivity contribution in [2.24, 2.45) is 10.9 Å². The van der Waals surface area contributed by atoms with Gasteiger partial charge in [0, 0.05) is 46.0 Å². The minimum atomic E-state index is 0. The van der Waals surface area contributed by atoms with Crippen LogP contribution in [0.15, 0.2) is 17.1 Å². The van der Waals surface area contributed by atoms with E-state index >= 15 is 0 Å². The topological polar surface area (TPSA) is 57.1 Å². The maximum Gasteiger partial charge on any atom is 0.193 e. The molecule has 1 fully saturated rings. The van der Waals surface area contributed by atoms with Gasteiger partial charge in [0.05, 0.1) is 0 Å². The zero-order valence-corrected chi connectivity index (χ0v) is 19.0. The number of aromatic hydroxyl groups is 1. The molecule has 0 radical (unpaired) electrons. The summed E-state index contributed by atoms with van der Waals surface area (Å²) in [5.74, 6) is 2.05. The van der Waals surface area contributed by atoms with Crippen LogP contribution in [-0.2, 0) is 24.1 Å². The number of phenols is 1. The van der Waals surface area contributed by atoms with Crippen LogP contribution in [0, 0.1) is 5.92 Å². The minimum absolute atomic E-state index is 0. The molecule has 1 heterocycles. The molecule has 0 saturated carbocycles. The van der Waals surface area contributed by atoms with Crippen molar-refractivity contribution in [1.29, 1.82) is 0 Å². The Morgan fingerprint density at radius 3 is 2.74 bits per heavy atom. The summed E-state index contributed by atoms with van der Waals surface area (Å²) in [6.45, 7) is 3.42. The Balaban J connectivity index is 0.00000261. The number of hydrogen-bond acceptors (Lipinski definition) is 3. The van der Waals surface area contributed by atoms with E-state index in [9.17, 15) is 5.11 Å². The molecule has 1 aliphatic carbocycles. The molecule has 3 rings (SSSR count). The highest BCUT2D eigenvalue weighted by Gasteiger charge is 2.18. The van der Waals surface area contributed by atoms with Gasteiger partial charge in [0.15, 0.2) is 5.96 Å². The third kappa shape index (κ3) is 5.98. The van der Waals surface area contributed by atoms with Crippen LogP contribution in [0.1, 0.15) is 48.8 Å². The molecule has 0 aromatic heterocycles. The Hall–Kier alpha value is -1.02. The van der Waals surface area contributed by atoms with E-state index in [4.69, 9.17) is 4.74 Å². The summed E-state index contributed by atoms with van der Waals surface area (Å²) in [6.07, 6.45) is 8.17. The van der Waals surface area contributed by atoms with Crippen molar-refractivity contribution in [2.45, 2.75) is 51.5 Å². The minimum Gasteiger partial charge on any atom is -0.508 e. The molecule has 0 amide bonds. The monoisotopic (exact) mass is 487 g/mol. The summed E-state index contributed by atoms with van der Waals surface area (Å²) in [7, 11) is 3.92. The van der Waals surface area contributed by atoms with Crippen LogP contribution >= 0.6 is 24.0 Å². The van der Waals surface area contributed by atoms with E-state index in [1.54, 1.807) is 0 Å². The maximum absolute atomic E-state index is 10.4. The summed E-state index contributed by atoms with van der Waals surface area (Å²) in [4.78, 5) is 6.63. The predicted molar refractivity (Wildman–Crippen MR) is 121 cm³/mol. The second-order valence-corrected chi connectivity index (χ2v) is 7.57. The molecular weight excluding hydrogens is 453 g/mol. The quantitative estimate of drug-likeness (QED) is 0.378. The average Bonchev–Trinajstić information content (AvgIpc) is 2.69. The number of nitrogens with zero attached hydrogens (tertiary/aromatic N) is 2. The maximum atomic E-state index is 10.4. The summed E-state index contributed by atoms with van der Waals surface area (Å²) < 4.78 is 5.45. The molecule has 1 saturated heterocycles. The second-order valence-electron chi connectivity index (χ2n) is 7.57. The van der Waals surface area contributed by atoms with Gasteiger partial charge in [-0.2, -0.15) is 0 Å². The number of guanidine groups is 1. The van der Waals surface area contributed by atoms with Crippen LogP contribution in [0.2, 0.25) is 0 Å². The van der Waals surface area contributed by atoms with Gasteiger partial charge in [-0.25, -0.2) is 0 Å². The number of halogens is 1. The molecule has 1 aromatic rings. The van der Waals surface area contributed by atoms with Crippen LogP contribution in [-0.4, -0.2) is 49.8 Å². The number of aliphatic imine (C=N–C) groups is 1. The van der Waals surface area contributed by atoms with Gasteiger partial charge in [-0.1, -0.05) is 6.07 Å².